The van der Waals surface area contributed by atoms with Gasteiger partial charge in [0.15, 0.2) is 0 Å². The highest BCUT2D eigenvalue weighted by atomic mass is 35.5. The van der Waals surface area contributed by atoms with Crippen molar-refractivity contribution in [3.63, 3.8) is 0 Å². The zero-order chi connectivity index (χ0) is 20.7. The third kappa shape index (κ3) is 3.40. The van der Waals surface area contributed by atoms with Crippen LogP contribution in [0.15, 0.2) is 48.9 Å². The second-order valence-electron chi connectivity index (χ2n) is 7.33. The summed E-state index contributed by atoms with van der Waals surface area (Å²) in [5.41, 5.74) is 3.91. The third-order valence-electron chi connectivity index (χ3n) is 5.28. The van der Waals surface area contributed by atoms with E-state index < -0.39 is 0 Å². The van der Waals surface area contributed by atoms with Gasteiger partial charge in [-0.15, -0.1) is 0 Å². The Hall–Kier alpha value is -3.12. The van der Waals surface area contributed by atoms with Gasteiger partial charge in [0.05, 0.1) is 17.4 Å². The predicted molar refractivity (Wildman–Crippen MR) is 114 cm³/mol. The van der Waals surface area contributed by atoms with Crippen molar-refractivity contribution in [2.75, 3.05) is 16.8 Å². The van der Waals surface area contributed by atoms with Crippen LogP contribution in [0.25, 0.3) is 0 Å². The smallest absolute Gasteiger partial charge is 0.275 e. The van der Waals surface area contributed by atoms with Crippen molar-refractivity contribution in [2.24, 2.45) is 0 Å². The van der Waals surface area contributed by atoms with Gasteiger partial charge < -0.3 is 14.8 Å². The Bertz CT molecular complexity index is 1120. The Balaban J connectivity index is 1.70. The normalized spacial score (nSPS) is 15.9. The molecule has 4 rings (SSSR count). The van der Waals surface area contributed by atoms with Crippen LogP contribution in [0.1, 0.15) is 44.9 Å². The summed E-state index contributed by atoms with van der Waals surface area (Å²) >= 11 is 6.27. The first kappa shape index (κ1) is 19.2. The van der Waals surface area contributed by atoms with Crippen molar-refractivity contribution in [1.29, 1.82) is 0 Å². The molecule has 0 unspecified atom stereocenters. The van der Waals surface area contributed by atoms with E-state index in [-0.39, 0.29) is 17.9 Å². The van der Waals surface area contributed by atoms with Crippen molar-refractivity contribution < 1.29 is 9.59 Å². The molecule has 1 atom stereocenters. The molecule has 2 amide bonds. The summed E-state index contributed by atoms with van der Waals surface area (Å²) in [4.78, 5) is 32.0. The molecule has 3 heterocycles. The van der Waals surface area contributed by atoms with Crippen LogP contribution < -0.4 is 10.2 Å². The number of nitrogens with one attached hydrogen (secondary N) is 1. The standard InChI is InChI=1S/C22H21ClN4O2/c1-13-4-5-16(10-18(13)23)27-12-15(3)26-9-7-17(20(26)22(27)29)21(28)25-19-11-24-8-6-14(19)2/h4-11,15H,12H2,1-3H3,(H,25,28)/t15-/m0/s1. The highest BCUT2D eigenvalue weighted by Crippen LogP contribution is 2.31. The number of carbonyl (C=O) groups is 2. The molecule has 0 saturated heterocycles. The number of anilines is 2. The average Bonchev–Trinajstić information content (AvgIpc) is 3.15. The Morgan fingerprint density at radius 1 is 1.21 bits per heavy atom. The van der Waals surface area contributed by atoms with Gasteiger partial charge in [-0.1, -0.05) is 17.7 Å². The van der Waals surface area contributed by atoms with Gasteiger partial charge >= 0.3 is 0 Å². The molecule has 1 aliphatic heterocycles. The SMILES string of the molecule is Cc1ccc(N2C[C@H](C)n3ccc(C(=O)Nc4cnccc4C)c3C2=O)cc1Cl. The van der Waals surface area contributed by atoms with Gasteiger partial charge in [0.2, 0.25) is 0 Å². The zero-order valence-electron chi connectivity index (χ0n) is 16.4. The van der Waals surface area contributed by atoms with Crippen molar-refractivity contribution >= 4 is 34.8 Å². The molecule has 0 bridgehead atoms. The van der Waals surface area contributed by atoms with Crippen LogP contribution in [0.5, 0.6) is 0 Å². The van der Waals surface area contributed by atoms with Gasteiger partial charge in [0, 0.05) is 35.7 Å². The van der Waals surface area contributed by atoms with Crippen molar-refractivity contribution in [3.8, 4) is 0 Å². The maximum Gasteiger partial charge on any atom is 0.275 e. The van der Waals surface area contributed by atoms with E-state index in [1.807, 2.05) is 43.5 Å². The van der Waals surface area contributed by atoms with E-state index in [1.165, 1.54) is 0 Å². The van der Waals surface area contributed by atoms with Gasteiger partial charge in [0.25, 0.3) is 11.8 Å². The summed E-state index contributed by atoms with van der Waals surface area (Å²) in [7, 11) is 0. The van der Waals surface area contributed by atoms with Crippen molar-refractivity contribution in [2.45, 2.75) is 26.8 Å². The van der Waals surface area contributed by atoms with Crippen molar-refractivity contribution in [3.05, 3.63) is 76.3 Å². The summed E-state index contributed by atoms with van der Waals surface area (Å²) in [6, 6.07) is 9.09. The van der Waals surface area contributed by atoms with E-state index in [0.29, 0.717) is 28.5 Å². The minimum atomic E-state index is -0.334. The molecule has 0 fully saturated rings. The number of fused-ring (bicyclic) bond motifs is 1. The number of pyridine rings is 1. The van der Waals surface area contributed by atoms with Crippen LogP contribution in [-0.2, 0) is 0 Å². The predicted octanol–water partition coefficient (Wildman–Crippen LogP) is 4.63. The van der Waals surface area contributed by atoms with Gasteiger partial charge in [-0.05, 0) is 56.2 Å². The minimum absolute atomic E-state index is 0.0180. The number of aryl methyl sites for hydroxylation is 2. The summed E-state index contributed by atoms with van der Waals surface area (Å²) in [6.07, 6.45) is 5.06. The van der Waals surface area contributed by atoms with Gasteiger partial charge in [-0.25, -0.2) is 0 Å². The first-order valence-electron chi connectivity index (χ1n) is 9.37. The fraction of sp³-hybridized carbons (Fsp3) is 0.227. The average molecular weight is 409 g/mol. The topological polar surface area (TPSA) is 67.2 Å². The quantitative estimate of drug-likeness (QED) is 0.687. The minimum Gasteiger partial charge on any atom is -0.338 e. The Labute approximate surface area is 174 Å². The number of halogens is 1. The molecular formula is C22H21ClN4O2. The maximum atomic E-state index is 13.3. The van der Waals surface area contributed by atoms with E-state index in [1.54, 1.807) is 35.6 Å². The van der Waals surface area contributed by atoms with E-state index in [4.69, 9.17) is 11.6 Å². The van der Waals surface area contributed by atoms with Crippen LogP contribution in [0.4, 0.5) is 11.4 Å². The van der Waals surface area contributed by atoms with Gasteiger partial charge in [-0.3, -0.25) is 14.6 Å². The molecule has 1 aliphatic rings. The van der Waals surface area contributed by atoms with Crippen LogP contribution in [0.2, 0.25) is 5.02 Å². The number of hydrogen-bond acceptors (Lipinski definition) is 3. The highest BCUT2D eigenvalue weighted by molar-refractivity contribution is 6.31. The first-order valence-corrected chi connectivity index (χ1v) is 9.75. The molecular weight excluding hydrogens is 388 g/mol. The number of rotatable bonds is 3. The molecule has 3 aromatic rings. The van der Waals surface area contributed by atoms with Crippen LogP contribution in [0.3, 0.4) is 0 Å². The summed E-state index contributed by atoms with van der Waals surface area (Å²) in [5.74, 6) is -0.555. The monoisotopic (exact) mass is 408 g/mol. The number of amides is 2. The molecule has 148 valence electrons. The molecule has 0 saturated carbocycles. The first-order chi connectivity index (χ1) is 13.9. The van der Waals surface area contributed by atoms with Crippen molar-refractivity contribution in [1.82, 2.24) is 9.55 Å². The summed E-state index contributed by atoms with van der Waals surface area (Å²) in [6.45, 7) is 6.33. The second kappa shape index (κ2) is 7.37. The van der Waals surface area contributed by atoms with Gasteiger partial charge in [-0.2, -0.15) is 0 Å². The zero-order valence-corrected chi connectivity index (χ0v) is 17.2. The molecule has 7 heteroatoms. The number of carbonyl (C=O) groups excluding carboxylic acids is 2. The summed E-state index contributed by atoms with van der Waals surface area (Å²) < 4.78 is 1.86. The highest BCUT2D eigenvalue weighted by Gasteiger charge is 2.34. The molecule has 6 nitrogen and oxygen atoms in total. The third-order valence-corrected chi connectivity index (χ3v) is 5.69. The lowest BCUT2D eigenvalue weighted by Crippen LogP contribution is -2.43. The largest absolute Gasteiger partial charge is 0.338 e. The Morgan fingerprint density at radius 2 is 2.00 bits per heavy atom. The lowest BCUT2D eigenvalue weighted by atomic mass is 10.1. The fourth-order valence-electron chi connectivity index (χ4n) is 3.54. The van der Waals surface area contributed by atoms with Crippen LogP contribution in [0, 0.1) is 13.8 Å². The lowest BCUT2D eigenvalue weighted by Gasteiger charge is -2.33. The Morgan fingerprint density at radius 3 is 2.72 bits per heavy atom. The number of hydrogen-bond donors (Lipinski definition) is 1. The fourth-order valence-corrected chi connectivity index (χ4v) is 3.72. The molecule has 1 N–H and O–H groups in total. The van der Waals surface area contributed by atoms with Crippen LogP contribution >= 0.6 is 11.6 Å². The lowest BCUT2D eigenvalue weighted by molar-refractivity contribution is 0.0942. The number of nitrogens with zero attached hydrogens (tertiary/aromatic N) is 3. The van der Waals surface area contributed by atoms with E-state index >= 15 is 0 Å². The molecule has 0 aliphatic carbocycles. The van der Waals surface area contributed by atoms with E-state index in [0.717, 1.165) is 16.8 Å². The molecule has 0 radical (unpaired) electrons. The molecule has 29 heavy (non-hydrogen) atoms. The number of aromatic nitrogens is 2. The van der Waals surface area contributed by atoms with E-state index in [9.17, 15) is 9.59 Å². The molecule has 2 aromatic heterocycles. The van der Waals surface area contributed by atoms with E-state index in [2.05, 4.69) is 10.3 Å². The molecule has 0 spiro atoms. The Kier molecular flexibility index (Phi) is 4.88. The summed E-state index contributed by atoms with van der Waals surface area (Å²) in [5, 5.41) is 3.47. The maximum absolute atomic E-state index is 13.3. The second-order valence-corrected chi connectivity index (χ2v) is 7.74. The molecule has 1 aromatic carbocycles. The van der Waals surface area contributed by atoms with Gasteiger partial charge in [0.1, 0.15) is 5.69 Å². The van der Waals surface area contributed by atoms with Crippen LogP contribution in [-0.4, -0.2) is 27.9 Å². The number of benzene rings is 1.